The van der Waals surface area contributed by atoms with Gasteiger partial charge in [0.2, 0.25) is 0 Å². The SMILES string of the molecule is CC(C)(O)c1cc2c(c(-c3ccccc3OCC(F)F)n1)CN(c1ccc(F)cc1)C2=O. The molecule has 3 aromatic rings. The topological polar surface area (TPSA) is 62.7 Å². The molecule has 0 spiro atoms. The fourth-order valence-electron chi connectivity index (χ4n) is 3.60. The van der Waals surface area contributed by atoms with Crippen molar-refractivity contribution >= 4 is 11.6 Å². The van der Waals surface area contributed by atoms with Crippen LogP contribution in [0.3, 0.4) is 0 Å². The zero-order chi connectivity index (χ0) is 23.0. The number of rotatable bonds is 6. The Balaban J connectivity index is 1.86. The maximum atomic E-state index is 13.4. The van der Waals surface area contributed by atoms with Gasteiger partial charge in [-0.15, -0.1) is 0 Å². The first kappa shape index (κ1) is 21.8. The molecule has 0 atom stereocenters. The maximum absolute atomic E-state index is 13.4. The van der Waals surface area contributed by atoms with E-state index in [1.54, 1.807) is 38.1 Å². The number of anilines is 1. The Bertz CT molecular complexity index is 1160. The lowest BCUT2D eigenvalue weighted by molar-refractivity contribution is 0.0738. The van der Waals surface area contributed by atoms with Crippen LogP contribution in [-0.2, 0) is 12.1 Å². The monoisotopic (exact) mass is 442 g/mol. The van der Waals surface area contributed by atoms with Crippen LogP contribution in [0.2, 0.25) is 0 Å². The number of hydrogen-bond donors (Lipinski definition) is 1. The van der Waals surface area contributed by atoms with Crippen molar-refractivity contribution in [2.24, 2.45) is 0 Å². The second-order valence-corrected chi connectivity index (χ2v) is 8.01. The summed E-state index contributed by atoms with van der Waals surface area (Å²) in [5.74, 6) is -0.551. The number of pyridine rings is 1. The number of fused-ring (bicyclic) bond motifs is 1. The molecule has 1 aliphatic heterocycles. The standard InChI is InChI=1S/C24H21F3N2O3/c1-24(2,31)20-11-17-18(12-29(23(17)30)15-9-7-14(25)8-10-15)22(28-20)16-5-3-4-6-19(16)32-13-21(26)27/h3-11,21,31H,12-13H2,1-2H3. The molecular formula is C24H21F3N2O3. The molecule has 1 amide bonds. The number of hydrogen-bond acceptors (Lipinski definition) is 4. The molecule has 0 fully saturated rings. The molecule has 5 nitrogen and oxygen atoms in total. The highest BCUT2D eigenvalue weighted by atomic mass is 19.3. The van der Waals surface area contributed by atoms with E-state index in [9.17, 15) is 23.1 Å². The molecule has 4 rings (SSSR count). The highest BCUT2D eigenvalue weighted by Gasteiger charge is 2.35. The van der Waals surface area contributed by atoms with E-state index in [4.69, 9.17) is 4.74 Å². The van der Waals surface area contributed by atoms with Gasteiger partial charge in [0.15, 0.2) is 0 Å². The highest BCUT2D eigenvalue weighted by molar-refractivity contribution is 6.11. The molecule has 8 heteroatoms. The average molecular weight is 442 g/mol. The van der Waals surface area contributed by atoms with E-state index in [1.165, 1.54) is 35.2 Å². The van der Waals surface area contributed by atoms with Crippen molar-refractivity contribution in [1.82, 2.24) is 4.98 Å². The van der Waals surface area contributed by atoms with Gasteiger partial charge < -0.3 is 14.7 Å². The van der Waals surface area contributed by atoms with E-state index in [0.29, 0.717) is 28.1 Å². The summed E-state index contributed by atoms with van der Waals surface area (Å²) in [7, 11) is 0. The Kier molecular flexibility index (Phi) is 5.64. The summed E-state index contributed by atoms with van der Waals surface area (Å²) in [5.41, 5.74) is 1.11. The summed E-state index contributed by atoms with van der Waals surface area (Å²) < 4.78 is 44.2. The predicted molar refractivity (Wildman–Crippen MR) is 113 cm³/mol. The average Bonchev–Trinajstić information content (AvgIpc) is 3.08. The molecule has 0 saturated carbocycles. The van der Waals surface area contributed by atoms with Crippen LogP contribution in [0.1, 0.15) is 35.5 Å². The fourth-order valence-corrected chi connectivity index (χ4v) is 3.60. The third kappa shape index (κ3) is 4.18. The van der Waals surface area contributed by atoms with Crippen molar-refractivity contribution < 1.29 is 27.8 Å². The minimum atomic E-state index is -2.65. The first-order valence-corrected chi connectivity index (χ1v) is 9.99. The molecule has 1 N–H and O–H groups in total. The van der Waals surface area contributed by atoms with Gasteiger partial charge in [0.1, 0.15) is 23.8 Å². The number of para-hydroxylation sites is 1. The third-order valence-electron chi connectivity index (χ3n) is 5.19. The summed E-state index contributed by atoms with van der Waals surface area (Å²) in [4.78, 5) is 19.3. The van der Waals surface area contributed by atoms with Gasteiger partial charge in [0.25, 0.3) is 12.3 Å². The van der Waals surface area contributed by atoms with E-state index in [1.807, 2.05) is 0 Å². The van der Waals surface area contributed by atoms with Gasteiger partial charge in [0, 0.05) is 22.4 Å². The Morgan fingerprint density at radius 2 is 1.81 bits per heavy atom. The van der Waals surface area contributed by atoms with Crippen LogP contribution in [-0.4, -0.2) is 29.0 Å². The van der Waals surface area contributed by atoms with Gasteiger partial charge in [0.05, 0.1) is 17.9 Å². The van der Waals surface area contributed by atoms with Gasteiger partial charge >= 0.3 is 0 Å². The van der Waals surface area contributed by atoms with Crippen LogP contribution < -0.4 is 9.64 Å². The van der Waals surface area contributed by atoms with Crippen LogP contribution >= 0.6 is 0 Å². The fraction of sp³-hybridized carbons (Fsp3) is 0.250. The van der Waals surface area contributed by atoms with Gasteiger partial charge in [-0.3, -0.25) is 4.79 Å². The van der Waals surface area contributed by atoms with Gasteiger partial charge in [-0.25, -0.2) is 18.2 Å². The van der Waals surface area contributed by atoms with Crippen molar-refractivity contribution in [3.05, 3.63) is 77.2 Å². The molecular weight excluding hydrogens is 421 g/mol. The number of alkyl halides is 2. The van der Waals surface area contributed by atoms with E-state index in [2.05, 4.69) is 4.98 Å². The third-order valence-corrected chi connectivity index (χ3v) is 5.19. The number of benzene rings is 2. The molecule has 1 aliphatic rings. The summed E-state index contributed by atoms with van der Waals surface area (Å²) in [6.07, 6.45) is -2.65. The minimum absolute atomic E-state index is 0.150. The van der Waals surface area contributed by atoms with E-state index < -0.39 is 24.5 Å². The van der Waals surface area contributed by atoms with Gasteiger partial charge in [-0.05, 0) is 56.3 Å². The van der Waals surface area contributed by atoms with Crippen LogP contribution in [0.4, 0.5) is 18.9 Å². The Morgan fingerprint density at radius 3 is 2.47 bits per heavy atom. The normalized spacial score (nSPS) is 13.6. The first-order valence-electron chi connectivity index (χ1n) is 9.99. The lowest BCUT2D eigenvalue weighted by Gasteiger charge is -2.20. The number of nitrogens with zero attached hydrogens (tertiary/aromatic N) is 2. The largest absolute Gasteiger partial charge is 0.487 e. The van der Waals surface area contributed by atoms with Gasteiger partial charge in [-0.1, -0.05) is 12.1 Å². The molecule has 0 saturated heterocycles. The number of ether oxygens (including phenoxy) is 1. The van der Waals surface area contributed by atoms with Crippen LogP contribution in [0.15, 0.2) is 54.6 Å². The number of aromatic nitrogens is 1. The first-order chi connectivity index (χ1) is 15.1. The molecule has 32 heavy (non-hydrogen) atoms. The minimum Gasteiger partial charge on any atom is -0.487 e. The zero-order valence-electron chi connectivity index (χ0n) is 17.5. The zero-order valence-corrected chi connectivity index (χ0v) is 17.5. The molecule has 166 valence electrons. The summed E-state index contributed by atoms with van der Waals surface area (Å²) in [5, 5.41) is 10.6. The number of carbonyl (C=O) groups excluding carboxylic acids is 1. The quantitative estimate of drug-likeness (QED) is 0.589. The second-order valence-electron chi connectivity index (χ2n) is 8.01. The number of amides is 1. The lowest BCUT2D eigenvalue weighted by atomic mass is 9.96. The molecule has 0 bridgehead atoms. The highest BCUT2D eigenvalue weighted by Crippen LogP contribution is 2.39. The number of aliphatic hydroxyl groups is 1. The molecule has 0 unspecified atom stereocenters. The molecule has 0 radical (unpaired) electrons. The van der Waals surface area contributed by atoms with E-state index in [-0.39, 0.29) is 23.9 Å². The molecule has 2 aromatic carbocycles. The lowest BCUT2D eigenvalue weighted by Crippen LogP contribution is -2.23. The van der Waals surface area contributed by atoms with Crippen molar-refractivity contribution in [2.45, 2.75) is 32.4 Å². The Labute approximate surface area is 183 Å². The summed E-state index contributed by atoms with van der Waals surface area (Å²) in [6.45, 7) is 2.45. The smallest absolute Gasteiger partial charge is 0.272 e. The van der Waals surface area contributed by atoms with E-state index >= 15 is 0 Å². The second kappa shape index (κ2) is 8.27. The van der Waals surface area contributed by atoms with Crippen molar-refractivity contribution in [3.8, 4) is 17.0 Å². The predicted octanol–water partition coefficient (Wildman–Crippen LogP) is 4.92. The molecule has 0 aliphatic carbocycles. The molecule has 1 aromatic heterocycles. The van der Waals surface area contributed by atoms with Crippen molar-refractivity contribution in [3.63, 3.8) is 0 Å². The maximum Gasteiger partial charge on any atom is 0.272 e. The van der Waals surface area contributed by atoms with Crippen LogP contribution in [0, 0.1) is 5.82 Å². The number of carbonyl (C=O) groups is 1. The van der Waals surface area contributed by atoms with Gasteiger partial charge in [-0.2, -0.15) is 0 Å². The Hall–Kier alpha value is -3.39. The van der Waals surface area contributed by atoms with Crippen LogP contribution in [0.5, 0.6) is 5.75 Å². The Morgan fingerprint density at radius 1 is 1.12 bits per heavy atom. The van der Waals surface area contributed by atoms with E-state index in [0.717, 1.165) is 0 Å². The van der Waals surface area contributed by atoms with Crippen molar-refractivity contribution in [2.75, 3.05) is 11.5 Å². The van der Waals surface area contributed by atoms with Crippen LogP contribution in [0.25, 0.3) is 11.3 Å². The summed E-state index contributed by atoms with van der Waals surface area (Å²) in [6, 6.07) is 13.7. The molecule has 2 heterocycles. The van der Waals surface area contributed by atoms with Crippen molar-refractivity contribution in [1.29, 1.82) is 0 Å². The summed E-state index contributed by atoms with van der Waals surface area (Å²) >= 11 is 0. The number of halogens is 3.